The Kier molecular flexibility index (Phi) is 8.34. The maximum atomic E-state index is 12.2. The van der Waals surface area contributed by atoms with Crippen LogP contribution in [0.2, 0.25) is 0 Å². The Labute approximate surface area is 141 Å². The van der Waals surface area contributed by atoms with Gasteiger partial charge in [-0.1, -0.05) is 25.7 Å². The Bertz CT molecular complexity index is 335. The summed E-state index contributed by atoms with van der Waals surface area (Å²) in [5.74, 6) is 0.873. The predicted octanol–water partition coefficient (Wildman–Crippen LogP) is 1.46. The van der Waals surface area contributed by atoms with Crippen molar-refractivity contribution in [3.8, 4) is 0 Å². The van der Waals surface area contributed by atoms with Crippen LogP contribution in [0.25, 0.3) is 0 Å². The summed E-state index contributed by atoms with van der Waals surface area (Å²) in [4.78, 5) is 16.7. The number of aliphatic hydroxyl groups excluding tert-OH is 1. The lowest BCUT2D eigenvalue weighted by molar-refractivity contribution is -0.122. The van der Waals surface area contributed by atoms with E-state index in [0.29, 0.717) is 18.5 Å². The molecule has 134 valence electrons. The Hall–Kier alpha value is -0.650. The van der Waals surface area contributed by atoms with Crippen molar-refractivity contribution in [3.63, 3.8) is 0 Å². The van der Waals surface area contributed by atoms with E-state index in [1.807, 2.05) is 0 Å². The Morgan fingerprint density at radius 3 is 2.39 bits per heavy atom. The van der Waals surface area contributed by atoms with Crippen molar-refractivity contribution in [2.24, 2.45) is 5.92 Å². The highest BCUT2D eigenvalue weighted by Crippen LogP contribution is 2.18. The van der Waals surface area contributed by atoms with Gasteiger partial charge in [-0.05, 0) is 51.7 Å². The van der Waals surface area contributed by atoms with E-state index in [4.69, 9.17) is 5.11 Å². The highest BCUT2D eigenvalue weighted by Gasteiger charge is 2.21. The van der Waals surface area contributed by atoms with Crippen LogP contribution in [0, 0.1) is 5.92 Å². The maximum absolute atomic E-state index is 12.2. The van der Waals surface area contributed by atoms with Gasteiger partial charge in [0.25, 0.3) is 0 Å². The van der Waals surface area contributed by atoms with Gasteiger partial charge in [0.05, 0.1) is 13.2 Å². The minimum Gasteiger partial charge on any atom is -0.395 e. The summed E-state index contributed by atoms with van der Waals surface area (Å²) in [5.41, 5.74) is 0. The Balaban J connectivity index is 1.62. The smallest absolute Gasteiger partial charge is 0.234 e. The van der Waals surface area contributed by atoms with E-state index in [0.717, 1.165) is 39.0 Å². The first-order chi connectivity index (χ1) is 11.2. The third-order valence-corrected chi connectivity index (χ3v) is 5.33. The zero-order chi connectivity index (χ0) is 16.5. The zero-order valence-corrected chi connectivity index (χ0v) is 14.8. The van der Waals surface area contributed by atoms with E-state index >= 15 is 0 Å². The average molecular weight is 325 g/mol. The topological polar surface area (TPSA) is 55.8 Å². The van der Waals surface area contributed by atoms with Crippen molar-refractivity contribution in [1.29, 1.82) is 0 Å². The minimum atomic E-state index is 0.192. The fourth-order valence-corrected chi connectivity index (χ4v) is 3.98. The van der Waals surface area contributed by atoms with Crippen LogP contribution in [0.3, 0.4) is 0 Å². The lowest BCUT2D eigenvalue weighted by Crippen LogP contribution is -2.43. The molecule has 0 aromatic rings. The summed E-state index contributed by atoms with van der Waals surface area (Å²) < 4.78 is 0. The van der Waals surface area contributed by atoms with Crippen molar-refractivity contribution >= 4 is 5.91 Å². The van der Waals surface area contributed by atoms with Gasteiger partial charge in [0.2, 0.25) is 5.91 Å². The fourth-order valence-electron chi connectivity index (χ4n) is 3.98. The van der Waals surface area contributed by atoms with Gasteiger partial charge in [0.15, 0.2) is 0 Å². The van der Waals surface area contributed by atoms with Crippen molar-refractivity contribution in [2.75, 3.05) is 46.4 Å². The van der Waals surface area contributed by atoms with Gasteiger partial charge < -0.3 is 15.3 Å². The van der Waals surface area contributed by atoms with Crippen LogP contribution in [0.4, 0.5) is 0 Å². The maximum Gasteiger partial charge on any atom is 0.234 e. The van der Waals surface area contributed by atoms with Gasteiger partial charge >= 0.3 is 0 Å². The van der Waals surface area contributed by atoms with Gasteiger partial charge in [0.1, 0.15) is 0 Å². The number of hydrogen-bond donors (Lipinski definition) is 2. The van der Waals surface area contributed by atoms with E-state index < -0.39 is 0 Å². The number of carbonyl (C=O) groups is 1. The standard InChI is InChI=1S/C18H35N3O2/c1-20(14-16-8-10-21(11-9-16)12-13-22)15-18(23)19-17-6-4-2-3-5-7-17/h16-17,22H,2-15H2,1H3,(H,19,23). The first-order valence-corrected chi connectivity index (χ1v) is 9.48. The molecule has 2 aliphatic rings. The number of nitrogens with one attached hydrogen (secondary N) is 1. The number of carbonyl (C=O) groups excluding carboxylic acids is 1. The van der Waals surface area contributed by atoms with Crippen molar-refractivity contribution in [2.45, 2.75) is 57.4 Å². The van der Waals surface area contributed by atoms with E-state index in [9.17, 15) is 4.79 Å². The first-order valence-electron chi connectivity index (χ1n) is 9.48. The monoisotopic (exact) mass is 325 g/mol. The molecule has 1 amide bonds. The number of hydrogen-bond acceptors (Lipinski definition) is 4. The molecule has 0 aromatic carbocycles. The summed E-state index contributed by atoms with van der Waals surface area (Å²) in [6.45, 7) is 4.73. The van der Waals surface area contributed by atoms with Crippen LogP contribution in [0.15, 0.2) is 0 Å². The molecule has 0 aromatic heterocycles. The van der Waals surface area contributed by atoms with E-state index in [1.165, 1.54) is 38.5 Å². The van der Waals surface area contributed by atoms with E-state index in [-0.39, 0.29) is 12.5 Å². The molecule has 1 saturated carbocycles. The lowest BCUT2D eigenvalue weighted by Gasteiger charge is -2.33. The third-order valence-electron chi connectivity index (χ3n) is 5.33. The Morgan fingerprint density at radius 1 is 1.13 bits per heavy atom. The average Bonchev–Trinajstić information content (AvgIpc) is 2.78. The number of amides is 1. The molecule has 2 fully saturated rings. The van der Waals surface area contributed by atoms with Gasteiger partial charge in [-0.25, -0.2) is 0 Å². The van der Waals surface area contributed by atoms with Gasteiger partial charge in [-0.3, -0.25) is 9.69 Å². The van der Waals surface area contributed by atoms with Crippen LogP contribution in [0.1, 0.15) is 51.4 Å². The number of piperidine rings is 1. The van der Waals surface area contributed by atoms with Crippen molar-refractivity contribution in [3.05, 3.63) is 0 Å². The molecule has 2 rings (SSSR count). The van der Waals surface area contributed by atoms with Crippen molar-refractivity contribution < 1.29 is 9.90 Å². The third kappa shape index (κ3) is 7.19. The minimum absolute atomic E-state index is 0.192. The van der Waals surface area contributed by atoms with Crippen molar-refractivity contribution in [1.82, 2.24) is 15.1 Å². The number of likely N-dealkylation sites (tertiary alicyclic amines) is 1. The molecule has 0 atom stereocenters. The largest absolute Gasteiger partial charge is 0.395 e. The number of β-amino-alcohol motifs (C(OH)–C–C–N with tert-alkyl or cyclic N) is 1. The number of rotatable bonds is 7. The van der Waals surface area contributed by atoms with Crippen LogP contribution in [0.5, 0.6) is 0 Å². The van der Waals surface area contributed by atoms with Gasteiger partial charge in [-0.15, -0.1) is 0 Å². The van der Waals surface area contributed by atoms with Crippen LogP contribution < -0.4 is 5.32 Å². The number of aliphatic hydroxyl groups is 1. The normalized spacial score (nSPS) is 22.2. The number of nitrogens with zero attached hydrogens (tertiary/aromatic N) is 2. The fraction of sp³-hybridized carbons (Fsp3) is 0.944. The molecule has 1 aliphatic carbocycles. The van der Waals surface area contributed by atoms with Crippen LogP contribution in [-0.4, -0.2) is 73.2 Å². The zero-order valence-electron chi connectivity index (χ0n) is 14.8. The second kappa shape index (κ2) is 10.3. The molecular weight excluding hydrogens is 290 g/mol. The molecular formula is C18H35N3O2. The molecule has 0 spiro atoms. The molecule has 5 heteroatoms. The summed E-state index contributed by atoms with van der Waals surface area (Å²) in [6, 6.07) is 0.403. The molecule has 5 nitrogen and oxygen atoms in total. The van der Waals surface area contributed by atoms with Gasteiger partial charge in [-0.2, -0.15) is 0 Å². The molecule has 0 radical (unpaired) electrons. The summed E-state index contributed by atoms with van der Waals surface area (Å²) >= 11 is 0. The molecule has 1 aliphatic heterocycles. The lowest BCUT2D eigenvalue weighted by atomic mass is 9.96. The summed E-state index contributed by atoms with van der Waals surface area (Å²) in [5, 5.41) is 12.2. The first kappa shape index (κ1) is 18.7. The van der Waals surface area contributed by atoms with Crippen LogP contribution in [-0.2, 0) is 4.79 Å². The molecule has 1 heterocycles. The van der Waals surface area contributed by atoms with Crippen LogP contribution >= 0.6 is 0 Å². The van der Waals surface area contributed by atoms with E-state index in [2.05, 4.69) is 22.2 Å². The molecule has 2 N–H and O–H groups in total. The molecule has 23 heavy (non-hydrogen) atoms. The second-order valence-corrected chi connectivity index (χ2v) is 7.46. The predicted molar refractivity (Wildman–Crippen MR) is 93.4 cm³/mol. The molecule has 0 unspecified atom stereocenters. The highest BCUT2D eigenvalue weighted by molar-refractivity contribution is 5.78. The quantitative estimate of drug-likeness (QED) is 0.696. The van der Waals surface area contributed by atoms with Gasteiger partial charge in [0, 0.05) is 19.1 Å². The second-order valence-electron chi connectivity index (χ2n) is 7.46. The highest BCUT2D eigenvalue weighted by atomic mass is 16.3. The van der Waals surface area contributed by atoms with E-state index in [1.54, 1.807) is 0 Å². The molecule has 0 bridgehead atoms. The summed E-state index contributed by atoms with van der Waals surface area (Å²) in [7, 11) is 2.06. The number of likely N-dealkylation sites (N-methyl/N-ethyl adjacent to an activating group) is 1. The Morgan fingerprint density at radius 2 is 1.78 bits per heavy atom. The SMILES string of the molecule is CN(CC(=O)NC1CCCCCC1)CC1CCN(CCO)CC1. The summed E-state index contributed by atoms with van der Waals surface area (Å²) in [6.07, 6.45) is 9.81. The molecule has 1 saturated heterocycles.